The van der Waals surface area contributed by atoms with Gasteiger partial charge < -0.3 is 20.9 Å². The van der Waals surface area contributed by atoms with E-state index >= 15 is 0 Å². The van der Waals surface area contributed by atoms with Gasteiger partial charge in [0, 0.05) is 0 Å². The summed E-state index contributed by atoms with van der Waals surface area (Å²) in [4.78, 5) is 0. The van der Waals surface area contributed by atoms with Gasteiger partial charge >= 0.3 is 0 Å². The van der Waals surface area contributed by atoms with Crippen LogP contribution in [0.5, 0.6) is 0 Å². The maximum absolute atomic E-state index is 6.05. The molecule has 1 heterocycles. The lowest BCUT2D eigenvalue weighted by Gasteiger charge is -2.33. The molecule has 0 saturated carbocycles. The number of ether oxygens (including phenoxy) is 2. The Hall–Kier alpha value is -0.160. The number of hydrogen-bond acceptors (Lipinski definition) is 4. The van der Waals surface area contributed by atoms with Crippen LogP contribution >= 0.6 is 0 Å². The Morgan fingerprint density at radius 2 is 1.36 bits per heavy atom. The molecule has 3 unspecified atom stereocenters. The van der Waals surface area contributed by atoms with Crippen LogP contribution in [-0.2, 0) is 9.47 Å². The first-order valence-electron chi connectivity index (χ1n) is 12.4. The quantitative estimate of drug-likeness (QED) is 0.285. The zero-order valence-corrected chi connectivity index (χ0v) is 18.8. The monoisotopic (exact) mass is 398 g/mol. The third kappa shape index (κ3) is 13.1. The van der Waals surface area contributed by atoms with Crippen LogP contribution in [0.15, 0.2) is 0 Å². The molecule has 0 spiro atoms. The highest BCUT2D eigenvalue weighted by molar-refractivity contribution is 4.77. The average molecular weight is 399 g/mol. The predicted octanol–water partition coefficient (Wildman–Crippen LogP) is 5.42. The van der Waals surface area contributed by atoms with Crippen molar-refractivity contribution >= 4 is 0 Å². The molecule has 3 atom stereocenters. The van der Waals surface area contributed by atoms with E-state index < -0.39 is 0 Å². The van der Waals surface area contributed by atoms with Crippen molar-refractivity contribution in [3.8, 4) is 0 Å². The maximum Gasteiger partial charge on any atom is 0.0837 e. The first kappa shape index (κ1) is 25.9. The molecule has 1 saturated heterocycles. The lowest BCUT2D eigenvalue weighted by atomic mass is 9.82. The molecular weight excluding hydrogens is 348 g/mol. The maximum atomic E-state index is 6.05. The van der Waals surface area contributed by atoms with Crippen LogP contribution in [0.3, 0.4) is 0 Å². The van der Waals surface area contributed by atoms with E-state index in [9.17, 15) is 0 Å². The van der Waals surface area contributed by atoms with Gasteiger partial charge in [0.15, 0.2) is 0 Å². The Morgan fingerprint density at radius 3 is 1.96 bits per heavy atom. The van der Waals surface area contributed by atoms with Crippen molar-refractivity contribution < 1.29 is 9.47 Å². The summed E-state index contributed by atoms with van der Waals surface area (Å²) in [7, 11) is 0. The smallest absolute Gasteiger partial charge is 0.0837 e. The van der Waals surface area contributed by atoms with E-state index in [1.165, 1.54) is 83.5 Å². The molecule has 4 nitrogen and oxygen atoms in total. The standard InChI is InChI=1S/C24H50N2O2/c1-2-3-4-5-6-7-8-9-10-13-22(14-11-16-25)20-23(15-12-17-26)24-21-27-18-19-28-24/h22-24H,2-21,25-26H2,1H3. The molecule has 0 amide bonds. The number of rotatable bonds is 19. The van der Waals surface area contributed by atoms with Gasteiger partial charge in [0.25, 0.3) is 0 Å². The molecule has 1 aliphatic heterocycles. The van der Waals surface area contributed by atoms with Crippen LogP contribution in [0.25, 0.3) is 0 Å². The topological polar surface area (TPSA) is 70.5 Å². The molecule has 28 heavy (non-hydrogen) atoms. The molecule has 0 radical (unpaired) electrons. The average Bonchev–Trinajstić information content (AvgIpc) is 2.73. The lowest BCUT2D eigenvalue weighted by molar-refractivity contribution is -0.115. The van der Waals surface area contributed by atoms with Crippen LogP contribution in [0.1, 0.15) is 103 Å². The van der Waals surface area contributed by atoms with Crippen molar-refractivity contribution in [2.75, 3.05) is 32.9 Å². The van der Waals surface area contributed by atoms with Crippen molar-refractivity contribution in [2.45, 2.75) is 109 Å². The number of nitrogens with two attached hydrogens (primary N) is 2. The van der Waals surface area contributed by atoms with E-state index in [1.54, 1.807) is 0 Å². The Morgan fingerprint density at radius 1 is 0.750 bits per heavy atom. The van der Waals surface area contributed by atoms with Crippen molar-refractivity contribution in [1.29, 1.82) is 0 Å². The Bertz CT molecular complexity index is 322. The van der Waals surface area contributed by atoms with Gasteiger partial charge in [0.05, 0.1) is 25.9 Å². The SMILES string of the molecule is CCCCCCCCCCCC(CCCN)CC(CCCN)C1COCCO1. The zero-order chi connectivity index (χ0) is 20.3. The summed E-state index contributed by atoms with van der Waals surface area (Å²) in [5.41, 5.74) is 11.6. The largest absolute Gasteiger partial charge is 0.376 e. The van der Waals surface area contributed by atoms with E-state index in [0.717, 1.165) is 51.7 Å². The van der Waals surface area contributed by atoms with E-state index in [-0.39, 0.29) is 6.10 Å². The van der Waals surface area contributed by atoms with Crippen LogP contribution in [-0.4, -0.2) is 39.0 Å². The molecule has 1 rings (SSSR count). The summed E-state index contributed by atoms with van der Waals surface area (Å²) >= 11 is 0. The van der Waals surface area contributed by atoms with E-state index in [4.69, 9.17) is 20.9 Å². The van der Waals surface area contributed by atoms with Gasteiger partial charge in [-0.05, 0) is 57.0 Å². The minimum absolute atomic E-state index is 0.267. The van der Waals surface area contributed by atoms with Crippen molar-refractivity contribution in [3.05, 3.63) is 0 Å². The van der Waals surface area contributed by atoms with Gasteiger partial charge in [0.2, 0.25) is 0 Å². The molecule has 1 fully saturated rings. The van der Waals surface area contributed by atoms with E-state index in [2.05, 4.69) is 6.92 Å². The molecule has 0 aliphatic carbocycles. The fourth-order valence-electron chi connectivity index (χ4n) is 4.57. The van der Waals surface area contributed by atoms with E-state index in [1.807, 2.05) is 0 Å². The van der Waals surface area contributed by atoms with Crippen molar-refractivity contribution in [1.82, 2.24) is 0 Å². The summed E-state index contributed by atoms with van der Waals surface area (Å²) in [6, 6.07) is 0. The molecule has 0 aromatic heterocycles. The molecule has 4 N–H and O–H groups in total. The molecule has 0 aromatic rings. The first-order valence-corrected chi connectivity index (χ1v) is 12.4. The second kappa shape index (κ2) is 18.8. The highest BCUT2D eigenvalue weighted by Gasteiger charge is 2.27. The Labute approximate surface area is 175 Å². The van der Waals surface area contributed by atoms with Gasteiger partial charge in [-0.2, -0.15) is 0 Å². The second-order valence-electron chi connectivity index (χ2n) is 8.82. The van der Waals surface area contributed by atoms with Crippen LogP contribution in [0.2, 0.25) is 0 Å². The van der Waals surface area contributed by atoms with Gasteiger partial charge in [-0.3, -0.25) is 0 Å². The summed E-state index contributed by atoms with van der Waals surface area (Å²) in [5, 5.41) is 0. The number of unbranched alkanes of at least 4 members (excludes halogenated alkanes) is 8. The fraction of sp³-hybridized carbons (Fsp3) is 1.00. The third-order valence-corrected chi connectivity index (χ3v) is 6.32. The normalized spacial score (nSPS) is 19.6. The van der Waals surface area contributed by atoms with Gasteiger partial charge in [-0.1, -0.05) is 71.1 Å². The molecular formula is C24H50N2O2. The van der Waals surface area contributed by atoms with Crippen LogP contribution < -0.4 is 11.5 Å². The fourth-order valence-corrected chi connectivity index (χ4v) is 4.57. The highest BCUT2D eigenvalue weighted by Crippen LogP contribution is 2.30. The Balaban J connectivity index is 2.31. The lowest BCUT2D eigenvalue weighted by Crippen LogP contribution is -2.36. The summed E-state index contributed by atoms with van der Waals surface area (Å²) in [6.07, 6.45) is 20.2. The van der Waals surface area contributed by atoms with Crippen LogP contribution in [0.4, 0.5) is 0 Å². The molecule has 168 valence electrons. The number of hydrogen-bond donors (Lipinski definition) is 2. The molecule has 0 aromatic carbocycles. The van der Waals surface area contributed by atoms with Crippen LogP contribution in [0, 0.1) is 11.8 Å². The van der Waals surface area contributed by atoms with Gasteiger partial charge in [0.1, 0.15) is 0 Å². The van der Waals surface area contributed by atoms with Gasteiger partial charge in [-0.15, -0.1) is 0 Å². The zero-order valence-electron chi connectivity index (χ0n) is 18.8. The Kier molecular flexibility index (Phi) is 17.4. The molecule has 4 heteroatoms. The summed E-state index contributed by atoms with van der Waals surface area (Å²) in [6.45, 7) is 6.12. The second-order valence-corrected chi connectivity index (χ2v) is 8.82. The minimum atomic E-state index is 0.267. The first-order chi connectivity index (χ1) is 13.8. The van der Waals surface area contributed by atoms with E-state index in [0.29, 0.717) is 5.92 Å². The van der Waals surface area contributed by atoms with Crippen molar-refractivity contribution in [2.24, 2.45) is 23.3 Å². The summed E-state index contributed by atoms with van der Waals surface area (Å²) < 4.78 is 11.7. The molecule has 0 bridgehead atoms. The third-order valence-electron chi connectivity index (χ3n) is 6.32. The van der Waals surface area contributed by atoms with Gasteiger partial charge in [-0.25, -0.2) is 0 Å². The predicted molar refractivity (Wildman–Crippen MR) is 121 cm³/mol. The molecule has 1 aliphatic rings. The highest BCUT2D eigenvalue weighted by atomic mass is 16.6. The minimum Gasteiger partial charge on any atom is -0.376 e. The van der Waals surface area contributed by atoms with Crippen molar-refractivity contribution in [3.63, 3.8) is 0 Å². The summed E-state index contributed by atoms with van der Waals surface area (Å²) in [5.74, 6) is 1.37.